The van der Waals surface area contributed by atoms with Gasteiger partial charge in [0.15, 0.2) is 11.6 Å². The van der Waals surface area contributed by atoms with Gasteiger partial charge in [-0.1, -0.05) is 35.9 Å². The van der Waals surface area contributed by atoms with Gasteiger partial charge in [-0.15, -0.1) is 0 Å². The Bertz CT molecular complexity index is 1290. The zero-order valence-electron chi connectivity index (χ0n) is 20.1. The molecule has 7 heteroatoms. The zero-order chi connectivity index (χ0) is 24.2. The first-order chi connectivity index (χ1) is 17.0. The molecule has 1 saturated heterocycles. The summed E-state index contributed by atoms with van der Waals surface area (Å²) in [5.41, 5.74) is 3.96. The molecule has 1 N–H and O–H groups in total. The van der Waals surface area contributed by atoms with E-state index in [2.05, 4.69) is 21.2 Å². The summed E-state index contributed by atoms with van der Waals surface area (Å²) in [7, 11) is 0. The molecule has 0 bridgehead atoms. The van der Waals surface area contributed by atoms with Crippen LogP contribution in [-0.2, 0) is 6.54 Å². The van der Waals surface area contributed by atoms with Gasteiger partial charge in [0.05, 0.1) is 17.1 Å². The van der Waals surface area contributed by atoms with Gasteiger partial charge in [-0.2, -0.15) is 0 Å². The summed E-state index contributed by atoms with van der Waals surface area (Å²) in [6.07, 6.45) is 0.143. The lowest BCUT2D eigenvalue weighted by atomic mass is 10.2. The highest BCUT2D eigenvalue weighted by molar-refractivity contribution is 6.30. The van der Waals surface area contributed by atoms with Crippen LogP contribution in [-0.4, -0.2) is 47.2 Å². The molecular weight excluding hydrogens is 458 g/mol. The second kappa shape index (κ2) is 10.5. The van der Waals surface area contributed by atoms with Gasteiger partial charge >= 0.3 is 0 Å². The van der Waals surface area contributed by atoms with Gasteiger partial charge in [-0.05, 0) is 67.9 Å². The highest BCUT2D eigenvalue weighted by Gasteiger charge is 2.22. The first kappa shape index (κ1) is 23.4. The Morgan fingerprint density at radius 2 is 1.60 bits per heavy atom. The summed E-state index contributed by atoms with van der Waals surface area (Å²) >= 11 is 6.17. The SMILES string of the molecule is CC(C)Oc1ccc(Nc2nc3ccccc3nc2N2CCN(Cc3cccc(Cl)c3)CC2)cc1. The number of rotatable bonds is 7. The number of halogens is 1. The molecule has 0 aliphatic carbocycles. The van der Waals surface area contributed by atoms with Crippen molar-refractivity contribution in [3.8, 4) is 5.75 Å². The van der Waals surface area contributed by atoms with Crippen LogP contribution in [0.15, 0.2) is 72.8 Å². The predicted octanol–water partition coefficient (Wildman–Crippen LogP) is 6.14. The third-order valence-corrected chi connectivity index (χ3v) is 6.24. The number of hydrogen-bond donors (Lipinski definition) is 1. The van der Waals surface area contributed by atoms with E-state index in [-0.39, 0.29) is 6.10 Å². The highest BCUT2D eigenvalue weighted by Crippen LogP contribution is 2.29. The number of anilines is 3. The number of nitrogens with zero attached hydrogens (tertiary/aromatic N) is 4. The lowest BCUT2D eigenvalue weighted by Gasteiger charge is -2.36. The van der Waals surface area contributed by atoms with E-state index in [1.165, 1.54) is 5.56 Å². The van der Waals surface area contributed by atoms with Gasteiger partial charge in [0.1, 0.15) is 5.75 Å². The van der Waals surface area contributed by atoms with Crippen LogP contribution in [0.5, 0.6) is 5.75 Å². The van der Waals surface area contributed by atoms with E-state index >= 15 is 0 Å². The van der Waals surface area contributed by atoms with Crippen LogP contribution in [0.1, 0.15) is 19.4 Å². The second-order valence-corrected chi connectivity index (χ2v) is 9.53. The Hall–Kier alpha value is -3.35. The molecular formula is C28H30ClN5O. The molecule has 4 aromatic rings. The van der Waals surface area contributed by atoms with E-state index in [4.69, 9.17) is 26.3 Å². The fourth-order valence-electron chi connectivity index (χ4n) is 4.33. The van der Waals surface area contributed by atoms with Crippen LogP contribution in [0.25, 0.3) is 11.0 Å². The van der Waals surface area contributed by atoms with Crippen LogP contribution in [0.3, 0.4) is 0 Å². The molecule has 0 saturated carbocycles. The quantitative estimate of drug-likeness (QED) is 0.338. The topological polar surface area (TPSA) is 53.5 Å². The van der Waals surface area contributed by atoms with Crippen molar-refractivity contribution >= 4 is 40.0 Å². The molecule has 1 aliphatic heterocycles. The van der Waals surface area contributed by atoms with Crippen LogP contribution in [0.2, 0.25) is 5.02 Å². The van der Waals surface area contributed by atoms with Crippen molar-refractivity contribution in [1.29, 1.82) is 0 Å². The number of para-hydroxylation sites is 2. The lowest BCUT2D eigenvalue weighted by Crippen LogP contribution is -2.46. The largest absolute Gasteiger partial charge is 0.491 e. The molecule has 1 fully saturated rings. The molecule has 1 aliphatic rings. The van der Waals surface area contributed by atoms with Crippen molar-refractivity contribution in [2.24, 2.45) is 0 Å². The van der Waals surface area contributed by atoms with Crippen LogP contribution in [0, 0.1) is 0 Å². The van der Waals surface area contributed by atoms with Crippen LogP contribution < -0.4 is 15.0 Å². The number of benzene rings is 3. The zero-order valence-corrected chi connectivity index (χ0v) is 20.9. The van der Waals surface area contributed by atoms with E-state index in [1.807, 2.05) is 80.6 Å². The maximum atomic E-state index is 6.17. The molecule has 0 amide bonds. The molecule has 3 aromatic carbocycles. The maximum absolute atomic E-state index is 6.17. The van der Waals surface area contributed by atoms with Gasteiger partial charge in [-0.3, -0.25) is 4.90 Å². The van der Waals surface area contributed by atoms with Crippen molar-refractivity contribution in [3.63, 3.8) is 0 Å². The summed E-state index contributed by atoms with van der Waals surface area (Å²) < 4.78 is 5.78. The Balaban J connectivity index is 1.35. The van der Waals surface area contributed by atoms with E-state index in [9.17, 15) is 0 Å². The molecule has 0 radical (unpaired) electrons. The Kier molecular flexibility index (Phi) is 7.02. The number of nitrogens with one attached hydrogen (secondary N) is 1. The van der Waals surface area contributed by atoms with Crippen molar-refractivity contribution in [2.45, 2.75) is 26.5 Å². The molecule has 2 heterocycles. The van der Waals surface area contributed by atoms with E-state index in [0.29, 0.717) is 0 Å². The summed E-state index contributed by atoms with van der Waals surface area (Å²) in [6.45, 7) is 8.60. The molecule has 0 atom stereocenters. The number of aromatic nitrogens is 2. The first-order valence-electron chi connectivity index (χ1n) is 12.1. The standard InChI is InChI=1S/C28H30ClN5O/c1-20(2)35-24-12-10-23(11-13-24)30-27-28(32-26-9-4-3-8-25(26)31-27)34-16-14-33(15-17-34)19-21-6-5-7-22(29)18-21/h3-13,18,20H,14-17,19H2,1-2H3,(H,30,31). The fraction of sp³-hybridized carbons (Fsp3) is 0.286. The van der Waals surface area contributed by atoms with Crippen molar-refractivity contribution in [2.75, 3.05) is 36.4 Å². The van der Waals surface area contributed by atoms with Gasteiger partial charge < -0.3 is 15.0 Å². The lowest BCUT2D eigenvalue weighted by molar-refractivity contribution is 0.242. The van der Waals surface area contributed by atoms with Crippen molar-refractivity contribution in [3.05, 3.63) is 83.4 Å². The number of ether oxygens (including phenoxy) is 1. The molecule has 35 heavy (non-hydrogen) atoms. The Morgan fingerprint density at radius 3 is 2.29 bits per heavy atom. The van der Waals surface area contributed by atoms with Gasteiger partial charge in [0.25, 0.3) is 0 Å². The smallest absolute Gasteiger partial charge is 0.174 e. The van der Waals surface area contributed by atoms with E-state index in [0.717, 1.165) is 71.9 Å². The van der Waals surface area contributed by atoms with Crippen LogP contribution in [0.4, 0.5) is 17.3 Å². The van der Waals surface area contributed by atoms with Crippen molar-refractivity contribution < 1.29 is 4.74 Å². The Labute approximate surface area is 211 Å². The predicted molar refractivity (Wildman–Crippen MR) is 144 cm³/mol. The first-order valence-corrected chi connectivity index (χ1v) is 12.4. The van der Waals surface area contributed by atoms with Crippen LogP contribution >= 0.6 is 11.6 Å². The monoisotopic (exact) mass is 487 g/mol. The van der Waals surface area contributed by atoms with E-state index < -0.39 is 0 Å². The molecule has 0 spiro atoms. The molecule has 5 rings (SSSR count). The average Bonchev–Trinajstić information content (AvgIpc) is 2.85. The van der Waals surface area contributed by atoms with Gasteiger partial charge in [-0.25, -0.2) is 9.97 Å². The molecule has 6 nitrogen and oxygen atoms in total. The number of fused-ring (bicyclic) bond motifs is 1. The number of hydrogen-bond acceptors (Lipinski definition) is 6. The molecule has 0 unspecified atom stereocenters. The second-order valence-electron chi connectivity index (χ2n) is 9.09. The summed E-state index contributed by atoms with van der Waals surface area (Å²) in [4.78, 5) is 14.7. The minimum absolute atomic E-state index is 0.143. The van der Waals surface area contributed by atoms with E-state index in [1.54, 1.807) is 0 Å². The third kappa shape index (κ3) is 5.84. The third-order valence-electron chi connectivity index (χ3n) is 6.01. The van der Waals surface area contributed by atoms with Gasteiger partial charge in [0, 0.05) is 43.4 Å². The maximum Gasteiger partial charge on any atom is 0.174 e. The minimum atomic E-state index is 0.143. The van der Waals surface area contributed by atoms with Gasteiger partial charge in [0.2, 0.25) is 0 Å². The summed E-state index contributed by atoms with van der Waals surface area (Å²) in [5.74, 6) is 2.50. The highest BCUT2D eigenvalue weighted by atomic mass is 35.5. The fourth-order valence-corrected chi connectivity index (χ4v) is 4.54. The minimum Gasteiger partial charge on any atom is -0.491 e. The van der Waals surface area contributed by atoms with Crippen molar-refractivity contribution in [1.82, 2.24) is 14.9 Å². The Morgan fingerprint density at radius 1 is 0.886 bits per heavy atom. The summed E-state index contributed by atoms with van der Waals surface area (Å²) in [6, 6.07) is 24.1. The normalized spacial score (nSPS) is 14.5. The molecule has 1 aromatic heterocycles. The molecule has 180 valence electrons. The average molecular weight is 488 g/mol. The summed E-state index contributed by atoms with van der Waals surface area (Å²) in [5, 5.41) is 4.29. The number of piperazine rings is 1.